The first-order chi connectivity index (χ1) is 11.6. The van der Waals surface area contributed by atoms with Gasteiger partial charge in [-0.1, -0.05) is 6.07 Å². The number of nitrogens with zero attached hydrogens (tertiary/aromatic N) is 3. The van der Waals surface area contributed by atoms with Gasteiger partial charge >= 0.3 is 0 Å². The van der Waals surface area contributed by atoms with Gasteiger partial charge in [-0.2, -0.15) is 0 Å². The Kier molecular flexibility index (Phi) is 4.09. The lowest BCUT2D eigenvalue weighted by atomic mass is 9.87. The van der Waals surface area contributed by atoms with Crippen molar-refractivity contribution < 1.29 is 9.53 Å². The fraction of sp³-hybridized carbons (Fsp3) is 0.684. The number of likely N-dealkylation sites (N-methyl/N-ethyl adjacent to an activating group) is 1. The minimum absolute atomic E-state index is 0.106. The quantitative estimate of drug-likeness (QED) is 0.846. The zero-order chi connectivity index (χ0) is 16.6. The van der Waals surface area contributed by atoms with E-state index < -0.39 is 5.60 Å². The second-order valence-electron chi connectivity index (χ2n) is 7.55. The number of pyridine rings is 1. The van der Waals surface area contributed by atoms with E-state index in [1.165, 1.54) is 5.56 Å². The minimum Gasteiger partial charge on any atom is -0.357 e. The molecule has 0 atom stereocenters. The van der Waals surface area contributed by atoms with Gasteiger partial charge in [-0.15, -0.1) is 0 Å². The second kappa shape index (κ2) is 6.12. The van der Waals surface area contributed by atoms with E-state index >= 15 is 0 Å². The molecule has 0 aromatic carbocycles. The van der Waals surface area contributed by atoms with Gasteiger partial charge < -0.3 is 14.5 Å². The van der Waals surface area contributed by atoms with E-state index in [9.17, 15) is 4.79 Å². The topological polar surface area (TPSA) is 45.7 Å². The second-order valence-corrected chi connectivity index (χ2v) is 7.55. The predicted octanol–water partition coefficient (Wildman–Crippen LogP) is 1.87. The molecule has 3 heterocycles. The van der Waals surface area contributed by atoms with E-state index in [0.717, 1.165) is 64.8 Å². The first-order valence-corrected chi connectivity index (χ1v) is 9.26. The molecule has 2 spiro atoms. The Labute approximate surface area is 144 Å². The number of aromatic nitrogens is 1. The molecule has 3 aliphatic rings. The van der Waals surface area contributed by atoms with Crippen molar-refractivity contribution in [2.45, 2.75) is 50.2 Å². The van der Waals surface area contributed by atoms with Gasteiger partial charge in [-0.25, -0.2) is 0 Å². The molecule has 24 heavy (non-hydrogen) atoms. The Morgan fingerprint density at radius 1 is 1.25 bits per heavy atom. The van der Waals surface area contributed by atoms with E-state index in [-0.39, 0.29) is 11.5 Å². The Morgan fingerprint density at radius 3 is 2.67 bits per heavy atom. The smallest absolute Gasteiger partial charge is 0.254 e. The summed E-state index contributed by atoms with van der Waals surface area (Å²) in [5.41, 5.74) is 0.739. The van der Waals surface area contributed by atoms with Gasteiger partial charge in [0, 0.05) is 45.1 Å². The number of rotatable bonds is 4. The molecule has 1 saturated carbocycles. The van der Waals surface area contributed by atoms with Crippen LogP contribution in [0.1, 0.15) is 38.2 Å². The van der Waals surface area contributed by atoms with Gasteiger partial charge in [0.05, 0.1) is 5.60 Å². The van der Waals surface area contributed by atoms with Crippen molar-refractivity contribution in [1.82, 2.24) is 14.8 Å². The Hall–Kier alpha value is -1.46. The number of carbonyl (C=O) groups excluding carboxylic acids is 1. The van der Waals surface area contributed by atoms with Gasteiger partial charge in [0.15, 0.2) is 0 Å². The molecule has 4 rings (SSSR count). The van der Waals surface area contributed by atoms with Crippen LogP contribution in [0.15, 0.2) is 24.5 Å². The summed E-state index contributed by atoms with van der Waals surface area (Å²) in [4.78, 5) is 21.2. The van der Waals surface area contributed by atoms with Gasteiger partial charge in [0.2, 0.25) is 0 Å². The van der Waals surface area contributed by atoms with Crippen LogP contribution in [-0.4, -0.2) is 64.6 Å². The zero-order valence-corrected chi connectivity index (χ0v) is 14.5. The molecule has 1 aromatic heterocycles. The molecular weight excluding hydrogens is 302 g/mol. The van der Waals surface area contributed by atoms with Crippen LogP contribution in [0.2, 0.25) is 0 Å². The van der Waals surface area contributed by atoms with Gasteiger partial charge in [-0.3, -0.25) is 9.78 Å². The molecule has 2 saturated heterocycles. The van der Waals surface area contributed by atoms with Crippen molar-refractivity contribution in [3.63, 3.8) is 0 Å². The Bertz CT molecular complexity index is 592. The third kappa shape index (κ3) is 2.95. The number of hydrogen-bond donors (Lipinski definition) is 0. The number of piperidine rings is 1. The molecule has 5 heteroatoms. The number of hydrogen-bond acceptors (Lipinski definition) is 4. The summed E-state index contributed by atoms with van der Waals surface area (Å²) in [5.74, 6) is 0.231. The third-order valence-corrected chi connectivity index (χ3v) is 5.86. The van der Waals surface area contributed by atoms with Crippen molar-refractivity contribution in [3.05, 3.63) is 30.1 Å². The maximum Gasteiger partial charge on any atom is 0.254 e. The zero-order valence-electron chi connectivity index (χ0n) is 14.5. The van der Waals surface area contributed by atoms with Crippen molar-refractivity contribution in [1.29, 1.82) is 0 Å². The maximum absolute atomic E-state index is 12.5. The van der Waals surface area contributed by atoms with Crippen LogP contribution in [0, 0.1) is 0 Å². The first kappa shape index (κ1) is 16.0. The Morgan fingerprint density at radius 2 is 2.04 bits per heavy atom. The van der Waals surface area contributed by atoms with Crippen LogP contribution in [0.4, 0.5) is 0 Å². The lowest BCUT2D eigenvalue weighted by molar-refractivity contribution is -0.200. The molecule has 5 nitrogen and oxygen atoms in total. The summed E-state index contributed by atoms with van der Waals surface area (Å²) in [7, 11) is 0. The van der Waals surface area contributed by atoms with Crippen LogP contribution < -0.4 is 0 Å². The molecule has 1 amide bonds. The molecule has 0 unspecified atom stereocenters. The molecule has 0 N–H and O–H groups in total. The first-order valence-electron chi connectivity index (χ1n) is 9.26. The summed E-state index contributed by atoms with van der Waals surface area (Å²) < 4.78 is 6.44. The third-order valence-electron chi connectivity index (χ3n) is 5.86. The Balaban J connectivity index is 1.34. The van der Waals surface area contributed by atoms with Crippen LogP contribution in [0.25, 0.3) is 0 Å². The van der Waals surface area contributed by atoms with Crippen molar-refractivity contribution in [2.24, 2.45) is 0 Å². The van der Waals surface area contributed by atoms with Crippen molar-refractivity contribution in [3.8, 4) is 0 Å². The fourth-order valence-electron chi connectivity index (χ4n) is 4.16. The summed E-state index contributed by atoms with van der Waals surface area (Å²) in [6, 6.07) is 4.14. The number of likely N-dealkylation sites (tertiary alicyclic amines) is 1. The fourth-order valence-corrected chi connectivity index (χ4v) is 4.16. The van der Waals surface area contributed by atoms with Crippen molar-refractivity contribution in [2.75, 3.05) is 32.7 Å². The molecule has 2 aliphatic heterocycles. The molecular formula is C19H27N3O2. The number of amides is 1. The van der Waals surface area contributed by atoms with Gasteiger partial charge in [-0.05, 0) is 50.7 Å². The van der Waals surface area contributed by atoms with E-state index in [2.05, 4.69) is 22.9 Å². The standard InChI is InChI=1S/C19H27N3O2/c1-2-22-15-18(24-19(6-7-19)17(22)23)8-12-21(13-9-18)11-5-16-4-3-10-20-14-16/h3-4,10,14H,2,5-9,11-13,15H2,1H3. The molecule has 130 valence electrons. The lowest BCUT2D eigenvalue weighted by Crippen LogP contribution is -2.62. The van der Waals surface area contributed by atoms with E-state index in [1.807, 2.05) is 23.4 Å². The maximum atomic E-state index is 12.5. The molecule has 3 fully saturated rings. The average Bonchev–Trinajstić information content (AvgIpc) is 3.39. The highest BCUT2D eigenvalue weighted by Crippen LogP contribution is 2.49. The number of ether oxygens (including phenoxy) is 1. The molecule has 0 radical (unpaired) electrons. The van der Waals surface area contributed by atoms with Crippen LogP contribution in [-0.2, 0) is 16.0 Å². The van der Waals surface area contributed by atoms with Gasteiger partial charge in [0.1, 0.15) is 5.60 Å². The van der Waals surface area contributed by atoms with Crippen LogP contribution in [0.3, 0.4) is 0 Å². The van der Waals surface area contributed by atoms with E-state index in [0.29, 0.717) is 0 Å². The van der Waals surface area contributed by atoms with Crippen molar-refractivity contribution >= 4 is 5.91 Å². The SMILES string of the molecule is CCN1CC2(CCN(CCc3cccnc3)CC2)OC2(CC2)C1=O. The molecule has 0 bridgehead atoms. The van der Waals surface area contributed by atoms with E-state index in [1.54, 1.807) is 0 Å². The monoisotopic (exact) mass is 329 g/mol. The summed E-state index contributed by atoms with van der Waals surface area (Å²) in [6.45, 7) is 6.85. The minimum atomic E-state index is -0.452. The lowest BCUT2D eigenvalue weighted by Gasteiger charge is -2.50. The van der Waals surface area contributed by atoms with E-state index in [4.69, 9.17) is 4.74 Å². The van der Waals surface area contributed by atoms with Crippen LogP contribution >= 0.6 is 0 Å². The van der Waals surface area contributed by atoms with Gasteiger partial charge in [0.25, 0.3) is 5.91 Å². The largest absolute Gasteiger partial charge is 0.357 e. The summed E-state index contributed by atoms with van der Waals surface area (Å²) >= 11 is 0. The number of carbonyl (C=O) groups is 1. The normalized spacial score (nSPS) is 25.4. The highest BCUT2D eigenvalue weighted by molar-refractivity contribution is 5.89. The number of morpholine rings is 1. The summed E-state index contributed by atoms with van der Waals surface area (Å²) in [5, 5.41) is 0. The molecule has 1 aliphatic carbocycles. The average molecular weight is 329 g/mol. The summed E-state index contributed by atoms with van der Waals surface area (Å²) in [6.07, 6.45) is 8.71. The molecule has 1 aromatic rings. The van der Waals surface area contributed by atoms with Crippen LogP contribution in [0.5, 0.6) is 0 Å². The highest BCUT2D eigenvalue weighted by Gasteiger charge is 2.61. The predicted molar refractivity (Wildman–Crippen MR) is 91.7 cm³/mol. The highest BCUT2D eigenvalue weighted by atomic mass is 16.5.